The number of hydrogen-bond donors (Lipinski definition) is 0. The van der Waals surface area contributed by atoms with Gasteiger partial charge in [0.05, 0.1) is 14.5 Å². The molecule has 0 amide bonds. The van der Waals surface area contributed by atoms with E-state index in [0.29, 0.717) is 20.9 Å². The van der Waals surface area contributed by atoms with Crippen LogP contribution in [0.25, 0.3) is 0 Å². The van der Waals surface area contributed by atoms with Crippen molar-refractivity contribution in [3.63, 3.8) is 0 Å². The van der Waals surface area contributed by atoms with Crippen molar-refractivity contribution >= 4 is 55.1 Å². The van der Waals surface area contributed by atoms with E-state index >= 15 is 0 Å². The van der Waals surface area contributed by atoms with Crippen molar-refractivity contribution in [1.29, 1.82) is 0 Å². The van der Waals surface area contributed by atoms with E-state index in [9.17, 15) is 4.39 Å². The molecule has 0 heterocycles. The van der Waals surface area contributed by atoms with E-state index in [0.717, 1.165) is 11.1 Å². The Labute approximate surface area is 138 Å². The van der Waals surface area contributed by atoms with Crippen LogP contribution < -0.4 is 0 Å². The summed E-state index contributed by atoms with van der Waals surface area (Å²) in [5.41, 5.74) is 1.92. The van der Waals surface area contributed by atoms with Crippen molar-refractivity contribution in [2.75, 3.05) is 0 Å². The highest BCUT2D eigenvalue weighted by Crippen LogP contribution is 2.31. The monoisotopic (exact) mass is 424 g/mol. The molecule has 1 unspecified atom stereocenters. The summed E-state index contributed by atoms with van der Waals surface area (Å²) < 4.78 is 14.0. The Morgan fingerprint density at radius 1 is 1.05 bits per heavy atom. The Morgan fingerprint density at radius 3 is 2.42 bits per heavy atom. The van der Waals surface area contributed by atoms with Crippen LogP contribution in [0, 0.1) is 5.82 Å². The van der Waals surface area contributed by atoms with Gasteiger partial charge in [-0.3, -0.25) is 0 Å². The average Bonchev–Trinajstić information content (AvgIpc) is 2.37. The summed E-state index contributed by atoms with van der Waals surface area (Å²) in [7, 11) is 0. The highest BCUT2D eigenvalue weighted by molar-refractivity contribution is 9.10. The lowest BCUT2D eigenvalue weighted by Gasteiger charge is -2.11. The summed E-state index contributed by atoms with van der Waals surface area (Å²) >= 11 is 18.6. The molecular formula is C14H9Br2Cl2F. The SMILES string of the molecule is Fc1cc(C(Br)Cc2ccc(Cl)c(Cl)c2)ccc1Br. The first kappa shape index (κ1) is 15.3. The van der Waals surface area contributed by atoms with Gasteiger partial charge in [0.2, 0.25) is 0 Å². The first-order chi connectivity index (χ1) is 8.97. The lowest BCUT2D eigenvalue weighted by atomic mass is 10.0. The van der Waals surface area contributed by atoms with Crippen LogP contribution >= 0.6 is 55.1 Å². The standard InChI is InChI=1S/C14H9Br2Cl2F/c15-10-3-2-9(7-14(10)19)11(16)5-8-1-4-12(17)13(18)6-8/h1-4,6-7,11H,5H2. The lowest BCUT2D eigenvalue weighted by Crippen LogP contribution is -1.96. The van der Waals surface area contributed by atoms with Gasteiger partial charge in [-0.15, -0.1) is 0 Å². The van der Waals surface area contributed by atoms with Gasteiger partial charge in [-0.2, -0.15) is 0 Å². The van der Waals surface area contributed by atoms with Gasteiger partial charge >= 0.3 is 0 Å². The van der Waals surface area contributed by atoms with Crippen molar-refractivity contribution in [3.8, 4) is 0 Å². The number of benzene rings is 2. The van der Waals surface area contributed by atoms with Crippen LogP contribution in [-0.4, -0.2) is 0 Å². The van der Waals surface area contributed by atoms with E-state index in [2.05, 4.69) is 31.9 Å². The topological polar surface area (TPSA) is 0 Å². The molecule has 0 fully saturated rings. The highest BCUT2D eigenvalue weighted by Gasteiger charge is 2.11. The summed E-state index contributed by atoms with van der Waals surface area (Å²) in [6.07, 6.45) is 0.706. The van der Waals surface area contributed by atoms with Crippen LogP contribution in [0.5, 0.6) is 0 Å². The molecule has 0 aliphatic carbocycles. The summed E-state index contributed by atoms with van der Waals surface area (Å²) in [5.74, 6) is -0.268. The maximum Gasteiger partial charge on any atom is 0.137 e. The Bertz CT molecular complexity index is 602. The summed E-state index contributed by atoms with van der Waals surface area (Å²) in [4.78, 5) is 0.0207. The molecule has 5 heteroatoms. The van der Waals surface area contributed by atoms with Crippen LogP contribution in [0.1, 0.15) is 16.0 Å². The molecule has 0 saturated carbocycles. The van der Waals surface area contributed by atoms with Gasteiger partial charge in [-0.05, 0) is 57.7 Å². The molecule has 100 valence electrons. The quantitative estimate of drug-likeness (QED) is 0.486. The molecule has 0 N–H and O–H groups in total. The molecule has 1 atom stereocenters. The van der Waals surface area contributed by atoms with Crippen molar-refractivity contribution < 1.29 is 4.39 Å². The van der Waals surface area contributed by atoms with Crippen LogP contribution in [0.4, 0.5) is 4.39 Å². The molecule has 0 radical (unpaired) electrons. The predicted molar refractivity (Wildman–Crippen MR) is 85.9 cm³/mol. The fraction of sp³-hybridized carbons (Fsp3) is 0.143. The van der Waals surface area contributed by atoms with Gasteiger partial charge in [0.25, 0.3) is 0 Å². The van der Waals surface area contributed by atoms with Gasteiger partial charge in [-0.25, -0.2) is 4.39 Å². The van der Waals surface area contributed by atoms with Gasteiger partial charge in [0.15, 0.2) is 0 Å². The number of halogens is 5. The second kappa shape index (κ2) is 6.57. The first-order valence-corrected chi connectivity index (χ1v) is 7.97. The molecule has 0 aliphatic heterocycles. The summed E-state index contributed by atoms with van der Waals surface area (Å²) in [6.45, 7) is 0. The van der Waals surface area contributed by atoms with E-state index in [-0.39, 0.29) is 10.6 Å². The second-order valence-corrected chi connectivity index (χ2v) is 6.87. The fourth-order valence-corrected chi connectivity index (χ4v) is 2.92. The van der Waals surface area contributed by atoms with Crippen LogP contribution in [0.2, 0.25) is 10.0 Å². The Morgan fingerprint density at radius 2 is 1.79 bits per heavy atom. The lowest BCUT2D eigenvalue weighted by molar-refractivity contribution is 0.618. The molecule has 19 heavy (non-hydrogen) atoms. The minimum absolute atomic E-state index is 0.0207. The molecular weight excluding hydrogens is 418 g/mol. The third-order valence-corrected chi connectivity index (χ3v) is 4.94. The normalized spacial score (nSPS) is 12.5. The maximum absolute atomic E-state index is 13.5. The van der Waals surface area contributed by atoms with E-state index in [4.69, 9.17) is 23.2 Å². The zero-order valence-corrected chi connectivity index (χ0v) is 14.3. The van der Waals surface area contributed by atoms with E-state index in [1.54, 1.807) is 12.1 Å². The number of hydrogen-bond acceptors (Lipinski definition) is 0. The van der Waals surface area contributed by atoms with E-state index in [1.165, 1.54) is 6.07 Å². The van der Waals surface area contributed by atoms with E-state index in [1.807, 2.05) is 18.2 Å². The van der Waals surface area contributed by atoms with Gasteiger partial charge in [0.1, 0.15) is 5.82 Å². The van der Waals surface area contributed by atoms with E-state index < -0.39 is 0 Å². The molecule has 0 aromatic heterocycles. The van der Waals surface area contributed by atoms with Crippen LogP contribution in [-0.2, 0) is 6.42 Å². The maximum atomic E-state index is 13.5. The van der Waals surface area contributed by atoms with Crippen LogP contribution in [0.15, 0.2) is 40.9 Å². The third kappa shape index (κ3) is 3.94. The average molecular weight is 427 g/mol. The third-order valence-electron chi connectivity index (χ3n) is 2.70. The second-order valence-electron chi connectivity index (χ2n) is 4.09. The molecule has 0 spiro atoms. The highest BCUT2D eigenvalue weighted by atomic mass is 79.9. The molecule has 0 saturated heterocycles. The molecule has 2 rings (SSSR count). The zero-order valence-electron chi connectivity index (χ0n) is 9.64. The van der Waals surface area contributed by atoms with Gasteiger partial charge in [0, 0.05) is 4.83 Å². The van der Waals surface area contributed by atoms with Crippen molar-refractivity contribution in [1.82, 2.24) is 0 Å². The van der Waals surface area contributed by atoms with Crippen molar-refractivity contribution in [3.05, 3.63) is 67.9 Å². The zero-order chi connectivity index (χ0) is 14.0. The van der Waals surface area contributed by atoms with Gasteiger partial charge < -0.3 is 0 Å². The van der Waals surface area contributed by atoms with Crippen LogP contribution in [0.3, 0.4) is 0 Å². The number of alkyl halides is 1. The minimum atomic E-state index is -0.268. The smallest absolute Gasteiger partial charge is 0.137 e. The molecule has 0 nitrogen and oxygen atoms in total. The summed E-state index contributed by atoms with van der Waals surface area (Å²) in [6, 6.07) is 10.6. The molecule has 0 bridgehead atoms. The minimum Gasteiger partial charge on any atom is -0.206 e. The van der Waals surface area contributed by atoms with Gasteiger partial charge in [-0.1, -0.05) is 51.3 Å². The number of rotatable bonds is 3. The first-order valence-electron chi connectivity index (χ1n) is 5.50. The fourth-order valence-electron chi connectivity index (χ4n) is 1.70. The Balaban J connectivity index is 2.17. The predicted octanol–water partition coefficient (Wildman–Crippen LogP) is 6.57. The molecule has 0 aliphatic rings. The Kier molecular flexibility index (Phi) is 5.29. The van der Waals surface area contributed by atoms with Crippen molar-refractivity contribution in [2.24, 2.45) is 0 Å². The largest absolute Gasteiger partial charge is 0.206 e. The summed E-state index contributed by atoms with van der Waals surface area (Å²) in [5, 5.41) is 1.06. The molecule has 2 aromatic carbocycles. The van der Waals surface area contributed by atoms with Crippen molar-refractivity contribution in [2.45, 2.75) is 11.2 Å². The molecule has 2 aromatic rings. The Hall–Kier alpha value is -0.0900.